The number of benzene rings is 3. The van der Waals surface area contributed by atoms with Gasteiger partial charge in [0, 0.05) is 15.7 Å². The molecule has 0 aliphatic heterocycles. The number of anilines is 2. The molecule has 2 N–H and O–H groups in total. The maximum atomic E-state index is 12.8. The minimum Gasteiger partial charge on any atom is -0.495 e. The number of hydrogen-bond acceptors (Lipinski definition) is 4. The lowest BCUT2D eigenvalue weighted by molar-refractivity contribution is 0.102. The van der Waals surface area contributed by atoms with Crippen LogP contribution in [-0.4, -0.2) is 21.4 Å². The molecule has 0 spiro atoms. The first-order valence-corrected chi connectivity index (χ1v) is 11.0. The minimum absolute atomic E-state index is 0.0734. The van der Waals surface area contributed by atoms with Gasteiger partial charge >= 0.3 is 0 Å². The van der Waals surface area contributed by atoms with Gasteiger partial charge in [0.2, 0.25) is 0 Å². The molecule has 0 saturated heterocycles. The van der Waals surface area contributed by atoms with Gasteiger partial charge in [-0.15, -0.1) is 0 Å². The van der Waals surface area contributed by atoms with Gasteiger partial charge in [0.15, 0.2) is 0 Å². The molecule has 6 nitrogen and oxygen atoms in total. The van der Waals surface area contributed by atoms with Crippen LogP contribution in [-0.2, 0) is 10.0 Å². The zero-order chi connectivity index (χ0) is 21.9. The number of methoxy groups -OCH3 is 1. The van der Waals surface area contributed by atoms with Crippen LogP contribution in [0.15, 0.2) is 65.6 Å². The standard InChI is InChI=1S/C20H15Cl3N2O4S/c1-29-19-9-7-15(30(27,28)25-14-5-2-12(21)3-6-14)11-18(19)24-20(26)16-8-4-13(22)10-17(16)23/h2-11,25H,1H3,(H,24,26). The average Bonchev–Trinajstić information content (AvgIpc) is 2.69. The summed E-state index contributed by atoms with van der Waals surface area (Å²) >= 11 is 17.8. The molecular weight excluding hydrogens is 471 g/mol. The molecule has 0 bridgehead atoms. The van der Waals surface area contributed by atoms with Gasteiger partial charge < -0.3 is 10.1 Å². The van der Waals surface area contributed by atoms with Crippen LogP contribution in [0.1, 0.15) is 10.4 Å². The number of carbonyl (C=O) groups excluding carboxylic acids is 1. The lowest BCUT2D eigenvalue weighted by Gasteiger charge is -2.14. The van der Waals surface area contributed by atoms with Crippen molar-refractivity contribution in [1.82, 2.24) is 0 Å². The lowest BCUT2D eigenvalue weighted by Crippen LogP contribution is -2.16. The highest BCUT2D eigenvalue weighted by Gasteiger charge is 2.19. The fraction of sp³-hybridized carbons (Fsp3) is 0.0500. The Morgan fingerprint density at radius 2 is 1.57 bits per heavy atom. The molecule has 156 valence electrons. The van der Waals surface area contributed by atoms with Crippen LogP contribution in [0.25, 0.3) is 0 Å². The van der Waals surface area contributed by atoms with Gasteiger partial charge in [-0.3, -0.25) is 9.52 Å². The number of amides is 1. The van der Waals surface area contributed by atoms with Crippen molar-refractivity contribution in [2.75, 3.05) is 17.1 Å². The normalized spacial score (nSPS) is 11.1. The number of ether oxygens (including phenoxy) is 1. The van der Waals surface area contributed by atoms with E-state index in [1.807, 2.05) is 0 Å². The monoisotopic (exact) mass is 484 g/mol. The number of hydrogen-bond donors (Lipinski definition) is 2. The molecule has 30 heavy (non-hydrogen) atoms. The third kappa shape index (κ3) is 5.17. The van der Waals surface area contributed by atoms with Gasteiger partial charge in [-0.1, -0.05) is 34.8 Å². The Balaban J connectivity index is 1.91. The van der Waals surface area contributed by atoms with Crippen LogP contribution < -0.4 is 14.8 Å². The highest BCUT2D eigenvalue weighted by atomic mass is 35.5. The summed E-state index contributed by atoms with van der Waals surface area (Å²) in [6.45, 7) is 0. The van der Waals surface area contributed by atoms with Crippen molar-refractivity contribution >= 4 is 62.1 Å². The number of halogens is 3. The molecule has 10 heteroatoms. The predicted octanol–water partition coefficient (Wildman–Crippen LogP) is 5.71. The molecule has 0 radical (unpaired) electrons. The third-order valence-corrected chi connectivity index (χ3v) is 6.18. The molecule has 3 aromatic rings. The average molecular weight is 486 g/mol. The van der Waals surface area contributed by atoms with Crippen molar-refractivity contribution in [2.24, 2.45) is 0 Å². The summed E-state index contributed by atoms with van der Waals surface area (Å²) in [5.74, 6) is -0.269. The molecule has 0 atom stereocenters. The molecule has 0 aromatic heterocycles. The first-order valence-electron chi connectivity index (χ1n) is 8.42. The van der Waals surface area contributed by atoms with Gasteiger partial charge in [0.1, 0.15) is 5.75 Å². The summed E-state index contributed by atoms with van der Waals surface area (Å²) < 4.78 is 33.2. The Bertz CT molecular complexity index is 1200. The van der Waals surface area contributed by atoms with E-state index in [1.54, 1.807) is 12.1 Å². The molecule has 0 saturated carbocycles. The summed E-state index contributed by atoms with van der Waals surface area (Å²) in [4.78, 5) is 12.6. The quantitative estimate of drug-likeness (QED) is 0.468. The van der Waals surface area contributed by atoms with Crippen molar-refractivity contribution in [3.63, 3.8) is 0 Å². The first-order chi connectivity index (χ1) is 14.2. The SMILES string of the molecule is COc1ccc(S(=O)(=O)Nc2ccc(Cl)cc2)cc1NC(=O)c1ccc(Cl)cc1Cl. The van der Waals surface area contributed by atoms with Gasteiger partial charge in [-0.05, 0) is 60.7 Å². The minimum atomic E-state index is -3.93. The predicted molar refractivity (Wildman–Crippen MR) is 120 cm³/mol. The Kier molecular flexibility index (Phi) is 6.77. The summed E-state index contributed by atoms with van der Waals surface area (Å²) in [6.07, 6.45) is 0. The highest BCUT2D eigenvalue weighted by molar-refractivity contribution is 7.92. The van der Waals surface area contributed by atoms with Gasteiger partial charge in [-0.2, -0.15) is 0 Å². The largest absolute Gasteiger partial charge is 0.495 e. The van der Waals surface area contributed by atoms with Gasteiger partial charge in [0.25, 0.3) is 15.9 Å². The first kappa shape index (κ1) is 22.2. The van der Waals surface area contributed by atoms with E-state index < -0.39 is 15.9 Å². The summed E-state index contributed by atoms with van der Waals surface area (Å²) in [5, 5.41) is 3.64. The van der Waals surface area contributed by atoms with E-state index in [-0.39, 0.29) is 26.9 Å². The van der Waals surface area contributed by atoms with Gasteiger partial charge in [0.05, 0.1) is 28.3 Å². The molecule has 3 rings (SSSR count). The zero-order valence-corrected chi connectivity index (χ0v) is 18.5. The number of rotatable bonds is 6. The Morgan fingerprint density at radius 1 is 0.900 bits per heavy atom. The van der Waals surface area contributed by atoms with Crippen molar-refractivity contribution in [3.8, 4) is 5.75 Å². The summed E-state index contributed by atoms with van der Waals surface area (Å²) in [5.41, 5.74) is 0.678. The Hall–Kier alpha value is -2.45. The van der Waals surface area contributed by atoms with Crippen molar-refractivity contribution < 1.29 is 17.9 Å². The highest BCUT2D eigenvalue weighted by Crippen LogP contribution is 2.30. The second kappa shape index (κ2) is 9.14. The van der Waals surface area contributed by atoms with E-state index in [9.17, 15) is 13.2 Å². The van der Waals surface area contributed by atoms with Crippen LogP contribution in [0.3, 0.4) is 0 Å². The summed E-state index contributed by atoms with van der Waals surface area (Å²) in [7, 11) is -2.53. The van der Waals surface area contributed by atoms with E-state index >= 15 is 0 Å². The van der Waals surface area contributed by atoms with Crippen molar-refractivity contribution in [1.29, 1.82) is 0 Å². The molecular formula is C20H15Cl3N2O4S. The fourth-order valence-corrected chi connectivity index (χ4v) is 4.25. The van der Waals surface area contributed by atoms with Crippen LogP contribution in [0, 0.1) is 0 Å². The molecule has 0 aliphatic rings. The molecule has 0 fully saturated rings. The van der Waals surface area contributed by atoms with Crippen molar-refractivity contribution in [2.45, 2.75) is 4.90 Å². The number of sulfonamides is 1. The molecule has 3 aromatic carbocycles. The van der Waals surface area contributed by atoms with Crippen LogP contribution in [0.2, 0.25) is 15.1 Å². The third-order valence-electron chi connectivity index (χ3n) is 4.00. The molecule has 0 aliphatic carbocycles. The van der Waals surface area contributed by atoms with Crippen LogP contribution in [0.4, 0.5) is 11.4 Å². The maximum Gasteiger partial charge on any atom is 0.261 e. The van der Waals surface area contributed by atoms with E-state index in [2.05, 4.69) is 10.0 Å². The maximum absolute atomic E-state index is 12.8. The molecule has 1 amide bonds. The Labute approximate surface area is 188 Å². The zero-order valence-electron chi connectivity index (χ0n) is 15.4. The van der Waals surface area contributed by atoms with Crippen LogP contribution in [0.5, 0.6) is 5.75 Å². The fourth-order valence-electron chi connectivity index (χ4n) is 2.55. The molecule has 0 heterocycles. The number of nitrogens with one attached hydrogen (secondary N) is 2. The van der Waals surface area contributed by atoms with Crippen molar-refractivity contribution in [3.05, 3.63) is 81.3 Å². The number of carbonyl (C=O) groups is 1. The van der Waals surface area contributed by atoms with E-state index in [4.69, 9.17) is 39.5 Å². The molecule has 0 unspecified atom stereocenters. The van der Waals surface area contributed by atoms with Crippen LogP contribution >= 0.6 is 34.8 Å². The Morgan fingerprint density at radius 3 is 2.20 bits per heavy atom. The van der Waals surface area contributed by atoms with E-state index in [0.717, 1.165) is 0 Å². The van der Waals surface area contributed by atoms with E-state index in [1.165, 1.54) is 55.6 Å². The lowest BCUT2D eigenvalue weighted by atomic mass is 10.2. The second-order valence-electron chi connectivity index (χ2n) is 6.05. The smallest absolute Gasteiger partial charge is 0.261 e. The topological polar surface area (TPSA) is 84.5 Å². The van der Waals surface area contributed by atoms with E-state index in [0.29, 0.717) is 15.7 Å². The van der Waals surface area contributed by atoms with Gasteiger partial charge in [-0.25, -0.2) is 8.42 Å². The summed E-state index contributed by atoms with van der Waals surface area (Å²) in [6, 6.07) is 14.7. The second-order valence-corrected chi connectivity index (χ2v) is 9.02.